The van der Waals surface area contributed by atoms with Gasteiger partial charge in [-0.3, -0.25) is 9.89 Å². The van der Waals surface area contributed by atoms with Gasteiger partial charge >= 0.3 is 0 Å². The first-order valence-electron chi connectivity index (χ1n) is 9.45. The van der Waals surface area contributed by atoms with Gasteiger partial charge in [-0.25, -0.2) is 0 Å². The fourth-order valence-corrected chi connectivity index (χ4v) is 5.76. The van der Waals surface area contributed by atoms with Crippen LogP contribution in [-0.4, -0.2) is 82.7 Å². The second-order valence-electron chi connectivity index (χ2n) is 7.04. The Morgan fingerprint density at radius 3 is 2.93 bits per heavy atom. The highest BCUT2D eigenvalue weighted by molar-refractivity contribution is 8.15. The number of nitrogens with two attached hydrogens (primary N) is 1. The lowest BCUT2D eigenvalue weighted by Crippen LogP contribution is -2.43. The fraction of sp³-hybridized carbons (Fsp3) is 0.526. The third-order valence-corrected chi connectivity index (χ3v) is 7.45. The molecule has 2 aliphatic heterocycles. The van der Waals surface area contributed by atoms with E-state index in [1.165, 1.54) is 0 Å². The highest BCUT2D eigenvalue weighted by Crippen LogP contribution is 2.32. The summed E-state index contributed by atoms with van der Waals surface area (Å²) in [5, 5.41) is 2.49. The molecule has 0 saturated carbocycles. The maximum atomic E-state index is 11.5. The average Bonchev–Trinajstić information content (AvgIpc) is 3.31. The zero-order chi connectivity index (χ0) is 19.5. The number of thioether (sulfide) groups is 1. The number of benzene rings is 1. The quantitative estimate of drug-likeness (QED) is 0.400. The lowest BCUT2D eigenvalue weighted by molar-refractivity contribution is 0.146. The van der Waals surface area contributed by atoms with Gasteiger partial charge in [-0.05, 0) is 12.1 Å². The number of nitrogens with one attached hydrogen (secondary N) is 1. The number of hydrogen-bond acceptors (Lipinski definition) is 7. The Hall–Kier alpha value is -1.39. The van der Waals surface area contributed by atoms with Crippen molar-refractivity contribution in [3.63, 3.8) is 0 Å². The molecule has 1 aromatic carbocycles. The van der Waals surface area contributed by atoms with Gasteiger partial charge in [0.1, 0.15) is 28.9 Å². The molecule has 0 aliphatic carbocycles. The first kappa shape index (κ1) is 19.9. The van der Waals surface area contributed by atoms with Gasteiger partial charge in [0, 0.05) is 43.4 Å². The van der Waals surface area contributed by atoms with E-state index >= 15 is 0 Å². The molecule has 3 N–H and O–H groups in total. The Balaban J connectivity index is 1.41. The number of ether oxygens (including phenoxy) is 2. The van der Waals surface area contributed by atoms with E-state index in [0.29, 0.717) is 24.2 Å². The summed E-state index contributed by atoms with van der Waals surface area (Å²) in [6.07, 6.45) is 0. The Kier molecular flexibility index (Phi) is 6.37. The molecule has 4 rings (SSSR count). The number of aromatic amines is 1. The van der Waals surface area contributed by atoms with Crippen LogP contribution in [0.25, 0.3) is 10.9 Å². The van der Waals surface area contributed by atoms with Crippen LogP contribution in [-0.2, 0) is 15.9 Å². The number of aliphatic imine (C=N–C) groups is 1. The summed E-state index contributed by atoms with van der Waals surface area (Å²) in [5.41, 5.74) is 8.80. The molecule has 1 saturated heterocycles. The van der Waals surface area contributed by atoms with Crippen LogP contribution in [0.4, 0.5) is 5.69 Å². The van der Waals surface area contributed by atoms with Gasteiger partial charge in [0.2, 0.25) is 0 Å². The van der Waals surface area contributed by atoms with E-state index in [-0.39, 0.29) is 0 Å². The molecule has 3 heterocycles. The molecule has 1 atom stereocenters. The number of rotatable bonds is 7. The van der Waals surface area contributed by atoms with Crippen LogP contribution < -0.4 is 10.5 Å². The van der Waals surface area contributed by atoms with Crippen molar-refractivity contribution < 1.29 is 14.0 Å². The van der Waals surface area contributed by atoms with Crippen LogP contribution >= 0.6 is 11.8 Å². The topological polar surface area (TPSA) is 98.9 Å². The molecule has 0 bridgehead atoms. The zero-order valence-corrected chi connectivity index (χ0v) is 17.6. The second-order valence-corrected chi connectivity index (χ2v) is 10.0. The third-order valence-electron chi connectivity index (χ3n) is 4.97. The average molecular weight is 423 g/mol. The van der Waals surface area contributed by atoms with Crippen LogP contribution in [0.5, 0.6) is 5.75 Å². The van der Waals surface area contributed by atoms with E-state index < -0.39 is 11.2 Å². The third kappa shape index (κ3) is 4.60. The molecule has 28 heavy (non-hydrogen) atoms. The van der Waals surface area contributed by atoms with Crippen LogP contribution in [0.2, 0.25) is 0 Å². The molecule has 1 aromatic heterocycles. The Labute approximate surface area is 172 Å². The number of hydrogen-bond donors (Lipinski definition) is 2. The first-order chi connectivity index (χ1) is 13.6. The minimum absolute atomic E-state index is 0.443. The maximum Gasteiger partial charge on any atom is 0.122 e. The summed E-state index contributed by atoms with van der Waals surface area (Å²) in [4.78, 5) is 10.6. The molecular weight excluding hydrogens is 396 g/mol. The minimum atomic E-state index is -0.628. The standard InChI is InChI=1S/C19H26N4O3S2/c1-25-4-5-26-14-8-13-9-17(22-18(13)16(20)10-14)19-21-11-15(27-19)12-23-2-6-28(24)7-3-23/h8-10,15,22H,2-7,11-12,20H2,1H3. The summed E-state index contributed by atoms with van der Waals surface area (Å²) in [7, 11) is 1.65. The molecule has 2 aliphatic rings. The number of anilines is 1. The summed E-state index contributed by atoms with van der Waals surface area (Å²) < 4.78 is 22.2. The van der Waals surface area contributed by atoms with Crippen molar-refractivity contribution in [1.29, 1.82) is 0 Å². The number of nitrogens with zero attached hydrogens (tertiary/aromatic N) is 2. The minimum Gasteiger partial charge on any atom is -0.616 e. The van der Waals surface area contributed by atoms with Gasteiger partial charge in [0.05, 0.1) is 30.0 Å². The Morgan fingerprint density at radius 2 is 2.14 bits per heavy atom. The monoisotopic (exact) mass is 422 g/mol. The van der Waals surface area contributed by atoms with E-state index in [4.69, 9.17) is 20.2 Å². The highest BCUT2D eigenvalue weighted by Gasteiger charge is 2.27. The molecule has 0 spiro atoms. The zero-order valence-electron chi connectivity index (χ0n) is 16.0. The Bertz CT molecular complexity index is 849. The van der Waals surface area contributed by atoms with Crippen LogP contribution in [0.15, 0.2) is 23.2 Å². The van der Waals surface area contributed by atoms with Crippen molar-refractivity contribution in [3.8, 4) is 5.75 Å². The smallest absolute Gasteiger partial charge is 0.122 e. The summed E-state index contributed by atoms with van der Waals surface area (Å²) in [6.45, 7) is 4.69. The van der Waals surface area contributed by atoms with E-state index in [1.54, 1.807) is 7.11 Å². The maximum absolute atomic E-state index is 11.5. The van der Waals surface area contributed by atoms with E-state index in [2.05, 4.69) is 16.0 Å². The van der Waals surface area contributed by atoms with Gasteiger partial charge in [-0.2, -0.15) is 0 Å². The van der Waals surface area contributed by atoms with Gasteiger partial charge in [-0.1, -0.05) is 22.9 Å². The van der Waals surface area contributed by atoms with Crippen molar-refractivity contribution in [1.82, 2.24) is 9.88 Å². The summed E-state index contributed by atoms with van der Waals surface area (Å²) in [5.74, 6) is 2.33. The van der Waals surface area contributed by atoms with Crippen molar-refractivity contribution in [2.45, 2.75) is 5.25 Å². The highest BCUT2D eigenvalue weighted by atomic mass is 32.2. The van der Waals surface area contributed by atoms with Gasteiger partial charge in [-0.15, -0.1) is 0 Å². The molecule has 0 radical (unpaired) electrons. The van der Waals surface area contributed by atoms with Crippen molar-refractivity contribution in [2.24, 2.45) is 4.99 Å². The number of aromatic nitrogens is 1. The van der Waals surface area contributed by atoms with Crippen molar-refractivity contribution >= 4 is 44.6 Å². The van der Waals surface area contributed by atoms with Crippen LogP contribution in [0, 0.1) is 0 Å². The van der Waals surface area contributed by atoms with E-state index in [0.717, 1.165) is 65.1 Å². The van der Waals surface area contributed by atoms with Crippen LogP contribution in [0.3, 0.4) is 0 Å². The molecule has 152 valence electrons. The molecule has 1 unspecified atom stereocenters. The lowest BCUT2D eigenvalue weighted by atomic mass is 10.2. The van der Waals surface area contributed by atoms with Crippen LogP contribution in [0.1, 0.15) is 5.69 Å². The van der Waals surface area contributed by atoms with Gasteiger partial charge in [0.15, 0.2) is 0 Å². The van der Waals surface area contributed by atoms with Gasteiger partial charge < -0.3 is 24.7 Å². The molecular formula is C19H26N4O3S2. The second kappa shape index (κ2) is 8.96. The largest absolute Gasteiger partial charge is 0.616 e. The summed E-state index contributed by atoms with van der Waals surface area (Å²) in [6, 6.07) is 5.92. The SMILES string of the molecule is COCCOc1cc(N)c2[nH]c(C3=NCC(CN4CC[S+]([O-])CC4)S3)cc2c1. The molecule has 0 amide bonds. The fourth-order valence-electron chi connectivity index (χ4n) is 3.49. The number of H-pyrrole nitrogens is 1. The molecule has 2 aromatic rings. The van der Waals surface area contributed by atoms with Gasteiger partial charge in [0.25, 0.3) is 0 Å². The normalized spacial score (nSPS) is 21.4. The van der Waals surface area contributed by atoms with Crippen molar-refractivity contribution in [2.75, 3.05) is 63.7 Å². The first-order valence-corrected chi connectivity index (χ1v) is 11.8. The van der Waals surface area contributed by atoms with Crippen molar-refractivity contribution in [3.05, 3.63) is 23.9 Å². The predicted molar refractivity (Wildman–Crippen MR) is 117 cm³/mol. The predicted octanol–water partition coefficient (Wildman–Crippen LogP) is 1.70. The van der Waals surface area contributed by atoms with E-state index in [1.807, 2.05) is 23.9 Å². The number of methoxy groups -OCH3 is 1. The molecule has 7 nitrogen and oxygen atoms in total. The van der Waals surface area contributed by atoms with E-state index in [9.17, 15) is 4.55 Å². The molecule has 9 heteroatoms. The number of nitrogen functional groups attached to an aromatic ring is 1. The number of fused-ring (bicyclic) bond motifs is 1. The molecule has 1 fully saturated rings. The summed E-state index contributed by atoms with van der Waals surface area (Å²) >= 11 is 1.18. The Morgan fingerprint density at radius 1 is 1.32 bits per heavy atom. The lowest BCUT2D eigenvalue weighted by Gasteiger charge is -2.29.